The Bertz CT molecular complexity index is 759. The van der Waals surface area contributed by atoms with Crippen LogP contribution >= 0.6 is 11.6 Å². The van der Waals surface area contributed by atoms with Crippen LogP contribution in [0.1, 0.15) is 12.2 Å². The summed E-state index contributed by atoms with van der Waals surface area (Å²) in [6.07, 6.45) is 2.63. The highest BCUT2D eigenvalue weighted by molar-refractivity contribution is 6.30. The van der Waals surface area contributed by atoms with E-state index < -0.39 is 0 Å². The van der Waals surface area contributed by atoms with Gasteiger partial charge in [-0.2, -0.15) is 0 Å². The van der Waals surface area contributed by atoms with Gasteiger partial charge in [0, 0.05) is 22.8 Å². The van der Waals surface area contributed by atoms with Crippen LogP contribution in [0.2, 0.25) is 5.02 Å². The van der Waals surface area contributed by atoms with Gasteiger partial charge in [-0.25, -0.2) is 4.98 Å². The summed E-state index contributed by atoms with van der Waals surface area (Å²) in [5.41, 5.74) is 0.984. The molecule has 0 aliphatic rings. The van der Waals surface area contributed by atoms with Gasteiger partial charge < -0.3 is 14.5 Å². The smallest absolute Gasteiger partial charge is 0.213 e. The summed E-state index contributed by atoms with van der Waals surface area (Å²) in [4.78, 5) is 4.11. The third-order valence-corrected chi connectivity index (χ3v) is 3.69. The Balaban J connectivity index is 1.38. The minimum Gasteiger partial charge on any atom is -0.478 e. The number of pyridine rings is 1. The van der Waals surface area contributed by atoms with E-state index in [0.29, 0.717) is 24.1 Å². The molecule has 1 aromatic carbocycles. The molecule has 0 radical (unpaired) electrons. The van der Waals surface area contributed by atoms with E-state index in [1.54, 1.807) is 6.20 Å². The third-order valence-electron chi connectivity index (χ3n) is 3.46. The van der Waals surface area contributed by atoms with Crippen molar-refractivity contribution in [3.05, 3.63) is 71.6 Å². The molecule has 0 unspecified atom stereocenters. The molecule has 0 bridgehead atoms. The maximum atomic E-state index is 6.01. The number of aromatic nitrogens is 1. The summed E-state index contributed by atoms with van der Waals surface area (Å²) in [7, 11) is 0. The Morgan fingerprint density at radius 3 is 2.88 bits per heavy atom. The number of ether oxygens (including phenoxy) is 1. The fraction of sp³-hybridized carbons (Fsp3) is 0.211. The van der Waals surface area contributed by atoms with Crippen molar-refractivity contribution in [3.8, 4) is 17.2 Å². The SMILES string of the molecule is Clc1cccc(-c2ccc(CNCCCOc3ccccn3)o2)c1. The van der Waals surface area contributed by atoms with E-state index in [1.165, 1.54) is 0 Å². The summed E-state index contributed by atoms with van der Waals surface area (Å²) in [6, 6.07) is 17.2. The number of rotatable bonds is 8. The molecule has 0 fully saturated rings. The van der Waals surface area contributed by atoms with Crippen LogP contribution < -0.4 is 10.1 Å². The normalized spacial score (nSPS) is 10.7. The molecule has 0 spiro atoms. The lowest BCUT2D eigenvalue weighted by Gasteiger charge is -2.05. The second-order valence-corrected chi connectivity index (χ2v) is 5.76. The summed E-state index contributed by atoms with van der Waals surface area (Å²) in [5, 5.41) is 4.05. The van der Waals surface area contributed by atoms with Crippen LogP contribution in [-0.4, -0.2) is 18.1 Å². The van der Waals surface area contributed by atoms with Crippen molar-refractivity contribution in [1.29, 1.82) is 0 Å². The van der Waals surface area contributed by atoms with Crippen molar-refractivity contribution < 1.29 is 9.15 Å². The van der Waals surface area contributed by atoms with Crippen molar-refractivity contribution in [2.75, 3.05) is 13.2 Å². The highest BCUT2D eigenvalue weighted by Gasteiger charge is 2.05. The summed E-state index contributed by atoms with van der Waals surface area (Å²) in [5.74, 6) is 2.39. The zero-order valence-corrected chi connectivity index (χ0v) is 14.0. The van der Waals surface area contributed by atoms with Gasteiger partial charge in [0.05, 0.1) is 13.2 Å². The Hall–Kier alpha value is -2.30. The number of benzene rings is 1. The number of nitrogens with one attached hydrogen (secondary N) is 1. The van der Waals surface area contributed by atoms with Crippen LogP contribution in [0.4, 0.5) is 0 Å². The molecule has 0 atom stereocenters. The van der Waals surface area contributed by atoms with Crippen molar-refractivity contribution in [2.45, 2.75) is 13.0 Å². The Labute approximate surface area is 146 Å². The van der Waals surface area contributed by atoms with Gasteiger partial charge in [-0.1, -0.05) is 29.8 Å². The zero-order chi connectivity index (χ0) is 16.6. The first kappa shape index (κ1) is 16.6. The maximum absolute atomic E-state index is 6.01. The molecule has 0 aliphatic carbocycles. The predicted octanol–water partition coefficient (Wildman–Crippen LogP) is 4.55. The molecular weight excluding hydrogens is 324 g/mol. The second kappa shape index (κ2) is 8.52. The quantitative estimate of drug-likeness (QED) is 0.610. The summed E-state index contributed by atoms with van der Waals surface area (Å²) < 4.78 is 11.4. The number of halogens is 1. The minimum absolute atomic E-state index is 0.635. The molecule has 0 aliphatic heterocycles. The lowest BCUT2D eigenvalue weighted by Crippen LogP contribution is -2.16. The van der Waals surface area contributed by atoms with E-state index in [-0.39, 0.29) is 0 Å². The van der Waals surface area contributed by atoms with E-state index in [1.807, 2.05) is 54.6 Å². The van der Waals surface area contributed by atoms with Gasteiger partial charge in [0.25, 0.3) is 0 Å². The lowest BCUT2D eigenvalue weighted by atomic mass is 10.2. The molecule has 2 aromatic heterocycles. The van der Waals surface area contributed by atoms with Gasteiger partial charge in [0.15, 0.2) is 0 Å². The second-order valence-electron chi connectivity index (χ2n) is 5.32. The first-order valence-electron chi connectivity index (χ1n) is 7.90. The number of furan rings is 1. The van der Waals surface area contributed by atoms with Crippen LogP contribution in [0.5, 0.6) is 5.88 Å². The first-order valence-corrected chi connectivity index (χ1v) is 8.28. The van der Waals surface area contributed by atoms with E-state index in [2.05, 4.69) is 10.3 Å². The van der Waals surface area contributed by atoms with Gasteiger partial charge in [-0.3, -0.25) is 0 Å². The standard InChI is InChI=1S/C19H19ClN2O2/c20-16-6-3-5-15(13-16)18-9-8-17(24-18)14-21-10-4-12-23-19-7-1-2-11-22-19/h1-3,5-9,11,13,21H,4,10,12,14H2. The Morgan fingerprint density at radius 1 is 1.08 bits per heavy atom. The molecule has 0 amide bonds. The Morgan fingerprint density at radius 2 is 2.04 bits per heavy atom. The van der Waals surface area contributed by atoms with Crippen LogP contribution in [0.25, 0.3) is 11.3 Å². The van der Waals surface area contributed by atoms with Crippen molar-refractivity contribution in [1.82, 2.24) is 10.3 Å². The Kier molecular flexibility index (Phi) is 5.88. The van der Waals surface area contributed by atoms with Gasteiger partial charge in [-0.15, -0.1) is 0 Å². The van der Waals surface area contributed by atoms with E-state index in [4.69, 9.17) is 20.8 Å². The van der Waals surface area contributed by atoms with Crippen LogP contribution in [0, 0.1) is 0 Å². The highest BCUT2D eigenvalue weighted by atomic mass is 35.5. The molecule has 4 nitrogen and oxygen atoms in total. The largest absolute Gasteiger partial charge is 0.478 e. The average Bonchev–Trinajstić information content (AvgIpc) is 3.08. The van der Waals surface area contributed by atoms with Gasteiger partial charge in [-0.05, 0) is 43.3 Å². The molecule has 2 heterocycles. The zero-order valence-electron chi connectivity index (χ0n) is 13.2. The van der Waals surface area contributed by atoms with Crippen LogP contribution in [0.15, 0.2) is 65.2 Å². The highest BCUT2D eigenvalue weighted by Crippen LogP contribution is 2.24. The molecular formula is C19H19ClN2O2. The monoisotopic (exact) mass is 342 g/mol. The van der Waals surface area contributed by atoms with Gasteiger partial charge in [0.1, 0.15) is 11.5 Å². The molecule has 24 heavy (non-hydrogen) atoms. The first-order chi connectivity index (χ1) is 11.8. The van der Waals surface area contributed by atoms with Crippen LogP contribution in [-0.2, 0) is 6.54 Å². The van der Waals surface area contributed by atoms with Crippen LogP contribution in [0.3, 0.4) is 0 Å². The van der Waals surface area contributed by atoms with Gasteiger partial charge >= 0.3 is 0 Å². The fourth-order valence-electron chi connectivity index (χ4n) is 2.29. The fourth-order valence-corrected chi connectivity index (χ4v) is 2.48. The molecule has 0 saturated heterocycles. The number of hydrogen-bond donors (Lipinski definition) is 1. The summed E-state index contributed by atoms with van der Waals surface area (Å²) in [6.45, 7) is 2.17. The van der Waals surface area contributed by atoms with E-state index >= 15 is 0 Å². The number of hydrogen-bond acceptors (Lipinski definition) is 4. The molecule has 3 rings (SSSR count). The average molecular weight is 343 g/mol. The molecule has 3 aromatic rings. The van der Waals surface area contributed by atoms with Crippen molar-refractivity contribution in [2.24, 2.45) is 0 Å². The van der Waals surface area contributed by atoms with Gasteiger partial charge in [0.2, 0.25) is 5.88 Å². The molecule has 1 N–H and O–H groups in total. The predicted molar refractivity (Wildman–Crippen MR) is 95.2 cm³/mol. The molecule has 5 heteroatoms. The van der Waals surface area contributed by atoms with Crippen molar-refractivity contribution >= 4 is 11.6 Å². The third kappa shape index (κ3) is 4.85. The summed E-state index contributed by atoms with van der Waals surface area (Å²) >= 11 is 6.01. The topological polar surface area (TPSA) is 47.3 Å². The minimum atomic E-state index is 0.635. The van der Waals surface area contributed by atoms with E-state index in [9.17, 15) is 0 Å². The number of nitrogens with zero attached hydrogens (tertiary/aromatic N) is 1. The van der Waals surface area contributed by atoms with E-state index in [0.717, 1.165) is 30.0 Å². The molecule has 124 valence electrons. The maximum Gasteiger partial charge on any atom is 0.213 e. The lowest BCUT2D eigenvalue weighted by molar-refractivity contribution is 0.296. The molecule has 0 saturated carbocycles. The van der Waals surface area contributed by atoms with Crippen molar-refractivity contribution in [3.63, 3.8) is 0 Å².